The van der Waals surface area contributed by atoms with E-state index in [-0.39, 0.29) is 53.8 Å². The molecule has 2 aromatic heterocycles. The molecule has 3 aliphatic rings. The van der Waals surface area contributed by atoms with Gasteiger partial charge in [-0.2, -0.15) is 4.98 Å². The van der Waals surface area contributed by atoms with Crippen LogP contribution < -0.4 is 36.0 Å². The molecule has 3 aliphatic heterocycles. The summed E-state index contributed by atoms with van der Waals surface area (Å²) in [6, 6.07) is 15.6. The van der Waals surface area contributed by atoms with E-state index >= 15 is 0 Å². The zero-order chi connectivity index (χ0) is 53.1. The number of nitrogens with zero attached hydrogens (tertiary/aromatic N) is 7. The molecule has 0 saturated carbocycles. The first-order valence-electron chi connectivity index (χ1n) is 24.1. The van der Waals surface area contributed by atoms with Gasteiger partial charge in [0.1, 0.15) is 34.6 Å². The number of urea groups is 2. The van der Waals surface area contributed by atoms with Crippen LogP contribution in [0, 0.1) is 37.1 Å². The van der Waals surface area contributed by atoms with Crippen LogP contribution in [0.3, 0.4) is 0 Å². The Morgan fingerprint density at radius 1 is 0.608 bits per heavy atom. The third-order valence-electron chi connectivity index (χ3n) is 12.4. The first-order valence-corrected chi connectivity index (χ1v) is 25.7. The fourth-order valence-electron chi connectivity index (χ4n) is 8.82. The highest BCUT2D eigenvalue weighted by molar-refractivity contribution is 7.84. The monoisotopic (exact) mass is 1030 g/mol. The normalized spacial score (nSPS) is 14.8. The number of carbonyl (C=O) groups is 4. The van der Waals surface area contributed by atoms with E-state index < -0.39 is 57.5 Å². The van der Waals surface area contributed by atoms with Crippen LogP contribution >= 0.6 is 0 Å². The molecule has 1 saturated heterocycles. The SMILES string of the molecule is Cc1ccc(C(=O)NC(C)C)cc1-c1nc(N2CCCCCC2)nc2c1CNC(=O)N2c1c(F)cccc1F.Cc1ccc(C(=O)NC(C)C)cc1-c1nc(S(C)=O)nc2c1CNC(=O)N2c1c(F)cccc1F. The summed E-state index contributed by atoms with van der Waals surface area (Å²) in [4.78, 5) is 73.6. The van der Waals surface area contributed by atoms with Crippen molar-refractivity contribution in [1.82, 2.24) is 41.2 Å². The van der Waals surface area contributed by atoms with E-state index in [1.807, 2.05) is 47.6 Å². The van der Waals surface area contributed by atoms with Crippen LogP contribution in [0.15, 0.2) is 78.0 Å². The van der Waals surface area contributed by atoms with E-state index in [1.165, 1.54) is 18.4 Å². The van der Waals surface area contributed by atoms with Gasteiger partial charge in [0.2, 0.25) is 11.1 Å². The van der Waals surface area contributed by atoms with Crippen molar-refractivity contribution in [3.63, 3.8) is 0 Å². The maximum absolute atomic E-state index is 15.0. The third kappa shape index (κ3) is 10.9. The number of aryl methyl sites for hydroxylation is 2. The molecule has 0 bridgehead atoms. The largest absolute Gasteiger partial charge is 0.350 e. The second-order valence-electron chi connectivity index (χ2n) is 18.6. The molecule has 1 unspecified atom stereocenters. The van der Waals surface area contributed by atoms with Crippen LogP contribution in [0.5, 0.6) is 0 Å². The lowest BCUT2D eigenvalue weighted by Crippen LogP contribution is -2.43. The zero-order valence-electron chi connectivity index (χ0n) is 41.8. The number of para-hydroxylation sites is 2. The van der Waals surface area contributed by atoms with Crippen molar-refractivity contribution in [2.24, 2.45) is 0 Å². The van der Waals surface area contributed by atoms with E-state index in [1.54, 1.807) is 30.3 Å². The van der Waals surface area contributed by atoms with Gasteiger partial charge in [-0.1, -0.05) is 37.1 Å². The molecular formula is C53H55F4N11O5S. The molecule has 0 radical (unpaired) electrons. The van der Waals surface area contributed by atoms with Gasteiger partial charge in [-0.3, -0.25) is 13.8 Å². The summed E-state index contributed by atoms with van der Waals surface area (Å²) >= 11 is 0. The molecule has 74 heavy (non-hydrogen) atoms. The number of hydrogen-bond donors (Lipinski definition) is 4. The fourth-order valence-corrected chi connectivity index (χ4v) is 9.26. The van der Waals surface area contributed by atoms with Crippen LogP contribution in [0.4, 0.5) is 56.1 Å². The molecule has 1 fully saturated rings. The first kappa shape index (κ1) is 52.5. The van der Waals surface area contributed by atoms with Gasteiger partial charge in [0.25, 0.3) is 11.8 Å². The van der Waals surface area contributed by atoms with Gasteiger partial charge >= 0.3 is 12.1 Å². The summed E-state index contributed by atoms with van der Waals surface area (Å²) in [5.74, 6) is -3.74. The molecule has 9 rings (SSSR count). The van der Waals surface area contributed by atoms with Crippen molar-refractivity contribution in [2.75, 3.05) is 34.0 Å². The average Bonchev–Trinajstić information content (AvgIpc) is 3.65. The number of nitrogens with one attached hydrogen (secondary N) is 4. The standard InChI is InChI=1S/C29H32F2N6O2.C24H23F2N5O3S/c1-17(2)33-27(38)19-12-11-18(3)20(15-19)24-21-16-32-29(39)37(25-22(30)9-8-10-23(25)31)26(21)35-28(34-24)36-13-6-4-5-7-14-36;1-12(2)28-22(32)14-9-8-13(3)15(10-14)19-16-11-27-24(33)31(20-17(25)6-5-7-18(20)26)21(16)30-23(29-19)35(4)34/h8-12,15,17H,4-7,13-14,16H2,1-3H3,(H,32,39)(H,33,38);5-10,12H,11H2,1-4H3,(H,27,33)(H,28,32). The highest BCUT2D eigenvalue weighted by Gasteiger charge is 2.37. The quantitative estimate of drug-likeness (QED) is 0.0758. The predicted octanol–water partition coefficient (Wildman–Crippen LogP) is 9.58. The highest BCUT2D eigenvalue weighted by atomic mass is 32.2. The fraction of sp³-hybridized carbons (Fsp3) is 0.321. The number of rotatable bonds is 10. The zero-order valence-corrected chi connectivity index (χ0v) is 42.6. The summed E-state index contributed by atoms with van der Waals surface area (Å²) in [5, 5.41) is 10.9. The summed E-state index contributed by atoms with van der Waals surface area (Å²) in [6.07, 6.45) is 5.48. The van der Waals surface area contributed by atoms with E-state index in [9.17, 15) is 40.9 Å². The van der Waals surface area contributed by atoms with Crippen LogP contribution in [-0.4, -0.2) is 79.5 Å². The maximum Gasteiger partial charge on any atom is 0.328 e. The molecule has 5 heterocycles. The Bertz CT molecular complexity index is 3180. The van der Waals surface area contributed by atoms with Crippen LogP contribution in [0.2, 0.25) is 0 Å². The van der Waals surface area contributed by atoms with Gasteiger partial charge < -0.3 is 26.2 Å². The Morgan fingerprint density at radius 2 is 1.03 bits per heavy atom. The lowest BCUT2D eigenvalue weighted by molar-refractivity contribution is 0.0934. The molecule has 1 atom stereocenters. The van der Waals surface area contributed by atoms with E-state index in [0.717, 1.165) is 84.0 Å². The Kier molecular flexibility index (Phi) is 15.7. The smallest absolute Gasteiger partial charge is 0.328 e. The molecule has 0 aliphatic carbocycles. The van der Waals surface area contributed by atoms with Crippen molar-refractivity contribution in [2.45, 2.75) is 97.6 Å². The van der Waals surface area contributed by atoms with Crippen LogP contribution in [0.25, 0.3) is 22.5 Å². The lowest BCUT2D eigenvalue weighted by atomic mass is 9.97. The number of carbonyl (C=O) groups excluding carboxylic acids is 4. The second kappa shape index (κ2) is 22.1. The van der Waals surface area contributed by atoms with Gasteiger partial charge in [0, 0.05) is 64.8 Å². The summed E-state index contributed by atoms with van der Waals surface area (Å²) in [6.45, 7) is 12.7. The number of fused-ring (bicyclic) bond motifs is 2. The van der Waals surface area contributed by atoms with Crippen LogP contribution in [0.1, 0.15) is 96.3 Å². The molecule has 0 spiro atoms. The average molecular weight is 1030 g/mol. The van der Waals surface area contributed by atoms with Crippen molar-refractivity contribution in [3.05, 3.63) is 129 Å². The number of hydrogen-bond acceptors (Lipinski definition) is 10. The van der Waals surface area contributed by atoms with E-state index in [0.29, 0.717) is 50.7 Å². The molecule has 21 heteroatoms. The number of amides is 6. The minimum absolute atomic E-state index is 0.0332. The molecule has 6 amide bonds. The van der Waals surface area contributed by atoms with Gasteiger partial charge in [0.05, 0.1) is 35.3 Å². The first-order chi connectivity index (χ1) is 35.3. The van der Waals surface area contributed by atoms with E-state index in [4.69, 9.17) is 9.97 Å². The number of halogens is 4. The molecule has 4 N–H and O–H groups in total. The second-order valence-corrected chi connectivity index (χ2v) is 19.9. The molecule has 386 valence electrons. The maximum atomic E-state index is 15.0. The van der Waals surface area contributed by atoms with Gasteiger partial charge in [0.15, 0.2) is 11.6 Å². The Morgan fingerprint density at radius 3 is 1.45 bits per heavy atom. The number of anilines is 5. The van der Waals surface area contributed by atoms with Gasteiger partial charge in [-0.25, -0.2) is 51.9 Å². The molecule has 6 aromatic rings. The van der Waals surface area contributed by atoms with E-state index in [2.05, 4.69) is 36.1 Å². The highest BCUT2D eigenvalue weighted by Crippen LogP contribution is 2.41. The predicted molar refractivity (Wildman–Crippen MR) is 274 cm³/mol. The number of benzene rings is 4. The summed E-state index contributed by atoms with van der Waals surface area (Å²) in [5.41, 5.74) is 4.27. The van der Waals surface area contributed by atoms with Crippen molar-refractivity contribution < 1.29 is 40.9 Å². The Labute approximate surface area is 427 Å². The molecule has 16 nitrogen and oxygen atoms in total. The minimum Gasteiger partial charge on any atom is -0.350 e. The Hall–Kier alpha value is -7.81. The Balaban J connectivity index is 0.000000198. The van der Waals surface area contributed by atoms with Crippen molar-refractivity contribution in [1.29, 1.82) is 0 Å². The van der Waals surface area contributed by atoms with Crippen molar-refractivity contribution >= 4 is 63.6 Å². The van der Waals surface area contributed by atoms with Crippen molar-refractivity contribution in [3.8, 4) is 22.5 Å². The summed E-state index contributed by atoms with van der Waals surface area (Å²) in [7, 11) is -1.68. The van der Waals surface area contributed by atoms with Crippen LogP contribution in [-0.2, 0) is 23.9 Å². The topological polar surface area (TPSA) is 195 Å². The minimum atomic E-state index is -1.68. The molecular weight excluding hydrogens is 979 g/mol. The van der Waals surface area contributed by atoms with Gasteiger partial charge in [-0.05, 0) is 114 Å². The summed E-state index contributed by atoms with van der Waals surface area (Å²) < 4.78 is 71.8. The van der Waals surface area contributed by atoms with Gasteiger partial charge in [-0.15, -0.1) is 0 Å². The third-order valence-corrected chi connectivity index (χ3v) is 13.1. The molecule has 4 aromatic carbocycles. The number of aromatic nitrogens is 4. The lowest BCUT2D eigenvalue weighted by Gasteiger charge is -2.32.